The van der Waals surface area contributed by atoms with Gasteiger partial charge < -0.3 is 4.90 Å². The van der Waals surface area contributed by atoms with E-state index in [4.69, 9.17) is 0 Å². The van der Waals surface area contributed by atoms with E-state index in [2.05, 4.69) is 211 Å². The van der Waals surface area contributed by atoms with Crippen molar-refractivity contribution < 1.29 is 8.78 Å². The Kier molecular flexibility index (Phi) is 9.91. The highest BCUT2D eigenvalue weighted by Gasteiger charge is 2.49. The van der Waals surface area contributed by atoms with Crippen LogP contribution in [0.5, 0.6) is 0 Å². The van der Waals surface area contributed by atoms with Crippen molar-refractivity contribution in [2.24, 2.45) is 0 Å². The van der Waals surface area contributed by atoms with Gasteiger partial charge in [-0.15, -0.1) is 0 Å². The van der Waals surface area contributed by atoms with Gasteiger partial charge in [0.2, 0.25) is 6.71 Å². The quantitative estimate of drug-likeness (QED) is 0.147. The van der Waals surface area contributed by atoms with E-state index < -0.39 is 5.41 Å². The summed E-state index contributed by atoms with van der Waals surface area (Å²) < 4.78 is 30.1. The summed E-state index contributed by atoms with van der Waals surface area (Å²) in [6.07, 6.45) is 0. The van der Waals surface area contributed by atoms with Gasteiger partial charge in [-0.3, -0.25) is 0 Å². The molecule has 11 aromatic rings. The van der Waals surface area contributed by atoms with Crippen LogP contribution in [0.15, 0.2) is 265 Å². The van der Waals surface area contributed by atoms with E-state index in [1.807, 2.05) is 23.9 Å². The topological polar surface area (TPSA) is 3.24 Å². The van der Waals surface area contributed by atoms with Gasteiger partial charge in [0, 0.05) is 26.9 Å². The van der Waals surface area contributed by atoms with Crippen molar-refractivity contribution in [3.63, 3.8) is 0 Å². The first-order chi connectivity index (χ1) is 35.5. The molecule has 0 spiro atoms. The zero-order chi connectivity index (χ0) is 47.9. The summed E-state index contributed by atoms with van der Waals surface area (Å²) >= 11 is 1.81. The van der Waals surface area contributed by atoms with Gasteiger partial charge in [0.1, 0.15) is 11.6 Å². The van der Waals surface area contributed by atoms with Crippen molar-refractivity contribution in [2.75, 3.05) is 4.90 Å². The van der Waals surface area contributed by atoms with Crippen LogP contribution in [-0.2, 0) is 5.41 Å². The third-order valence-electron chi connectivity index (χ3n) is 15.1. The largest absolute Gasteiger partial charge is 0.311 e. The Labute approximate surface area is 422 Å². The molecule has 0 saturated carbocycles. The fourth-order valence-electron chi connectivity index (χ4n) is 12.0. The molecule has 5 heteroatoms. The maximum Gasteiger partial charge on any atom is 0.249 e. The van der Waals surface area contributed by atoms with Gasteiger partial charge in [0.05, 0.1) is 5.41 Å². The highest BCUT2D eigenvalue weighted by molar-refractivity contribution is 8.00. The number of nitrogens with zero attached hydrogens (tertiary/aromatic N) is 1. The van der Waals surface area contributed by atoms with Crippen LogP contribution in [0.1, 0.15) is 22.3 Å². The Morgan fingerprint density at radius 2 is 0.861 bits per heavy atom. The van der Waals surface area contributed by atoms with E-state index in [0.29, 0.717) is 0 Å². The van der Waals surface area contributed by atoms with E-state index in [9.17, 15) is 4.39 Å². The normalized spacial score (nSPS) is 13.4. The lowest BCUT2D eigenvalue weighted by Crippen LogP contribution is -2.60. The number of rotatable bonds is 7. The molecule has 0 bridgehead atoms. The second kappa shape index (κ2) is 16.8. The van der Waals surface area contributed by atoms with Crippen molar-refractivity contribution in [3.8, 4) is 55.6 Å². The summed E-state index contributed by atoms with van der Waals surface area (Å²) in [5.74, 6) is -0.548. The van der Waals surface area contributed by atoms with Gasteiger partial charge in [-0.25, -0.2) is 8.78 Å². The van der Waals surface area contributed by atoms with E-state index in [1.165, 1.54) is 55.9 Å². The van der Waals surface area contributed by atoms with Crippen molar-refractivity contribution in [1.82, 2.24) is 0 Å². The summed E-state index contributed by atoms with van der Waals surface area (Å²) in [7, 11) is 0. The lowest BCUT2D eigenvalue weighted by molar-refractivity contribution is 0.628. The van der Waals surface area contributed by atoms with Crippen LogP contribution in [0, 0.1) is 11.6 Å². The molecule has 0 fully saturated rings. The van der Waals surface area contributed by atoms with Gasteiger partial charge in [-0.2, -0.15) is 0 Å². The van der Waals surface area contributed by atoms with Gasteiger partial charge in [0.15, 0.2) is 0 Å². The molecule has 3 aliphatic rings. The predicted octanol–water partition coefficient (Wildman–Crippen LogP) is 15.8. The minimum absolute atomic E-state index is 0.227. The van der Waals surface area contributed by atoms with Crippen LogP contribution in [0.4, 0.5) is 25.8 Å². The fraction of sp³-hybridized carbons (Fsp3) is 0.0149. The Morgan fingerprint density at radius 3 is 1.46 bits per heavy atom. The van der Waals surface area contributed by atoms with Crippen molar-refractivity contribution in [3.05, 3.63) is 289 Å². The number of halogens is 2. The monoisotopic (exact) mass is 941 g/mol. The number of benzene rings is 11. The number of hydrogen-bond acceptors (Lipinski definition) is 2. The van der Waals surface area contributed by atoms with Crippen LogP contribution < -0.4 is 21.3 Å². The maximum absolute atomic E-state index is 15.1. The first-order valence-electron chi connectivity index (χ1n) is 24.5. The summed E-state index contributed by atoms with van der Waals surface area (Å²) in [5.41, 5.74) is 21.3. The molecule has 1 nitrogen and oxygen atoms in total. The van der Waals surface area contributed by atoms with Crippen LogP contribution in [-0.4, -0.2) is 6.71 Å². The highest BCUT2D eigenvalue weighted by Crippen LogP contribution is 2.58. The fourth-order valence-corrected chi connectivity index (χ4v) is 13.2. The zero-order valence-electron chi connectivity index (χ0n) is 38.9. The first kappa shape index (κ1) is 42.4. The van der Waals surface area contributed by atoms with Crippen LogP contribution in [0.2, 0.25) is 0 Å². The van der Waals surface area contributed by atoms with Crippen LogP contribution in [0.3, 0.4) is 0 Å². The Balaban J connectivity index is 1.11. The second-order valence-corrected chi connectivity index (χ2v) is 20.1. The molecule has 0 N–H and O–H groups in total. The van der Waals surface area contributed by atoms with Gasteiger partial charge in [0.25, 0.3) is 0 Å². The van der Waals surface area contributed by atoms with Gasteiger partial charge in [-0.1, -0.05) is 205 Å². The minimum atomic E-state index is -0.661. The molecule has 0 unspecified atom stereocenters. The summed E-state index contributed by atoms with van der Waals surface area (Å²) in [6, 6.07) is 89.2. The molecule has 0 saturated heterocycles. The predicted molar refractivity (Wildman–Crippen MR) is 295 cm³/mol. The van der Waals surface area contributed by atoms with Crippen LogP contribution in [0.25, 0.3) is 55.6 Å². The molecule has 0 radical (unpaired) electrons. The molecule has 11 aromatic carbocycles. The number of anilines is 3. The summed E-state index contributed by atoms with van der Waals surface area (Å²) in [4.78, 5) is 4.81. The third kappa shape index (κ3) is 6.68. The molecule has 1 aliphatic carbocycles. The molecule has 0 atom stereocenters. The standard InChI is InChI=1S/C67H42BF2NS/c69-53-24-14-20-45(35-53)47-30-32-62-60(39-47)68-61-40-48(46-21-15-25-54(70)36-46)31-33-64(61)72-65-42-52(67(51-22-8-3-9-23-51)58-28-12-10-26-56(58)57-27-11-13-29-59(57)67)41-63(66(65)68)71(62)55-37-49(43-16-4-1-5-17-43)34-50(38-55)44-18-6-2-7-19-44/h1-42H. The molecule has 338 valence electrons. The highest BCUT2D eigenvalue weighted by atomic mass is 32.2. The van der Waals surface area contributed by atoms with E-state index in [1.54, 1.807) is 24.3 Å². The molecule has 2 aliphatic heterocycles. The van der Waals surface area contributed by atoms with Gasteiger partial charge in [-0.05, 0) is 156 Å². The van der Waals surface area contributed by atoms with E-state index in [-0.39, 0.29) is 18.3 Å². The molecule has 0 aromatic heterocycles. The van der Waals surface area contributed by atoms with E-state index >= 15 is 4.39 Å². The smallest absolute Gasteiger partial charge is 0.249 e. The van der Waals surface area contributed by atoms with Gasteiger partial charge >= 0.3 is 0 Å². The minimum Gasteiger partial charge on any atom is -0.311 e. The average molecular weight is 942 g/mol. The molecular weight excluding hydrogens is 900 g/mol. The summed E-state index contributed by atoms with van der Waals surface area (Å²) in [6.45, 7) is -0.227. The van der Waals surface area contributed by atoms with Crippen molar-refractivity contribution >= 4 is 51.9 Å². The lowest BCUT2D eigenvalue weighted by Gasteiger charge is -2.43. The van der Waals surface area contributed by atoms with Crippen LogP contribution >= 0.6 is 11.8 Å². The summed E-state index contributed by atoms with van der Waals surface area (Å²) in [5, 5.41) is 0. The number of hydrogen-bond donors (Lipinski definition) is 0. The SMILES string of the molecule is Fc1cccc(-c2ccc3c(c2)B2c4cc(-c5cccc(F)c5)ccc4N(c4cc(-c5ccccc5)cc(-c5ccccc5)c4)c4cc(C5(c6ccccc6)c6ccccc6-c6ccccc65)cc(c42)S3)c1. The lowest BCUT2D eigenvalue weighted by atomic mass is 9.34. The van der Waals surface area contributed by atoms with Crippen molar-refractivity contribution in [2.45, 2.75) is 15.2 Å². The second-order valence-electron chi connectivity index (χ2n) is 19.0. The average Bonchev–Trinajstić information content (AvgIpc) is 3.74. The third-order valence-corrected chi connectivity index (χ3v) is 16.2. The molecule has 72 heavy (non-hydrogen) atoms. The molecule has 0 amide bonds. The molecular formula is C67H42BF2NS. The Bertz CT molecular complexity index is 3850. The van der Waals surface area contributed by atoms with Crippen molar-refractivity contribution in [1.29, 1.82) is 0 Å². The number of fused-ring (bicyclic) bond motifs is 7. The maximum atomic E-state index is 15.1. The van der Waals surface area contributed by atoms with E-state index in [0.717, 1.165) is 77.4 Å². The Morgan fingerprint density at radius 1 is 0.347 bits per heavy atom. The molecule has 14 rings (SSSR count). The Hall–Kier alpha value is -8.51. The zero-order valence-corrected chi connectivity index (χ0v) is 39.8. The molecule has 2 heterocycles. The first-order valence-corrected chi connectivity index (χ1v) is 25.3.